The second kappa shape index (κ2) is 8.84. The van der Waals surface area contributed by atoms with E-state index in [1.165, 1.54) is 5.69 Å². The molecule has 0 saturated heterocycles. The van der Waals surface area contributed by atoms with Gasteiger partial charge in [0.2, 0.25) is 11.9 Å². The maximum absolute atomic E-state index is 11.7. The van der Waals surface area contributed by atoms with Crippen molar-refractivity contribution in [2.45, 2.75) is 25.7 Å². The van der Waals surface area contributed by atoms with E-state index in [-0.39, 0.29) is 11.8 Å². The van der Waals surface area contributed by atoms with E-state index in [1.54, 1.807) is 13.2 Å². The molecule has 1 amide bonds. The zero-order valence-electron chi connectivity index (χ0n) is 16.4. The molecule has 0 spiro atoms. The van der Waals surface area contributed by atoms with Crippen LogP contribution in [-0.4, -0.2) is 43.6 Å². The summed E-state index contributed by atoms with van der Waals surface area (Å²) in [6, 6.07) is 10.3. The van der Waals surface area contributed by atoms with Crippen molar-refractivity contribution in [2.75, 3.05) is 37.9 Å². The van der Waals surface area contributed by atoms with Gasteiger partial charge in [-0.2, -0.15) is 0 Å². The predicted molar refractivity (Wildman–Crippen MR) is 110 cm³/mol. The highest BCUT2D eigenvalue weighted by molar-refractivity contribution is 5.78. The van der Waals surface area contributed by atoms with E-state index in [2.05, 4.69) is 49.8 Å². The first-order valence-corrected chi connectivity index (χ1v) is 9.63. The molecule has 1 heterocycles. The van der Waals surface area contributed by atoms with Crippen LogP contribution in [0, 0.1) is 11.8 Å². The molecule has 1 fully saturated rings. The van der Waals surface area contributed by atoms with Crippen molar-refractivity contribution in [3.05, 3.63) is 36.5 Å². The second-order valence-electron chi connectivity index (χ2n) is 7.42. The Kier molecular flexibility index (Phi) is 6.27. The van der Waals surface area contributed by atoms with Gasteiger partial charge in [0.15, 0.2) is 0 Å². The first kappa shape index (κ1) is 19.1. The van der Waals surface area contributed by atoms with Crippen LogP contribution in [-0.2, 0) is 4.79 Å². The van der Waals surface area contributed by atoms with E-state index >= 15 is 0 Å². The fourth-order valence-corrected chi connectivity index (χ4v) is 3.60. The molecule has 0 aliphatic heterocycles. The van der Waals surface area contributed by atoms with Crippen molar-refractivity contribution in [3.8, 4) is 11.3 Å². The van der Waals surface area contributed by atoms with Crippen molar-refractivity contribution in [1.82, 2.24) is 15.3 Å². The maximum atomic E-state index is 11.7. The molecule has 1 aromatic carbocycles. The van der Waals surface area contributed by atoms with Crippen LogP contribution in [0.3, 0.4) is 0 Å². The highest BCUT2D eigenvalue weighted by atomic mass is 16.1. The summed E-state index contributed by atoms with van der Waals surface area (Å²) in [6.07, 6.45) is 5.86. The van der Waals surface area contributed by atoms with Crippen LogP contribution in [0.25, 0.3) is 11.3 Å². The largest absolute Gasteiger partial charge is 0.378 e. The van der Waals surface area contributed by atoms with Gasteiger partial charge in [-0.1, -0.05) is 12.1 Å². The molecule has 144 valence electrons. The number of anilines is 2. The number of aromatic nitrogens is 2. The number of rotatable bonds is 6. The molecule has 0 atom stereocenters. The van der Waals surface area contributed by atoms with Crippen LogP contribution in [0.2, 0.25) is 0 Å². The monoisotopic (exact) mass is 367 g/mol. The number of carbonyl (C=O) groups is 1. The van der Waals surface area contributed by atoms with Gasteiger partial charge in [-0.25, -0.2) is 9.97 Å². The SMILES string of the molecule is CNC(=O)C1CCC(CNc2nccc(-c3ccc(N(C)C)cc3)n2)CC1. The third-order valence-corrected chi connectivity index (χ3v) is 5.35. The molecule has 3 rings (SSSR count). The number of amides is 1. The lowest BCUT2D eigenvalue weighted by molar-refractivity contribution is -0.125. The maximum Gasteiger partial charge on any atom is 0.223 e. The number of nitrogens with one attached hydrogen (secondary N) is 2. The van der Waals surface area contributed by atoms with E-state index in [4.69, 9.17) is 0 Å². The Hall–Kier alpha value is -2.63. The Morgan fingerprint density at radius 1 is 1.11 bits per heavy atom. The Balaban J connectivity index is 1.56. The summed E-state index contributed by atoms with van der Waals surface area (Å²) in [5.74, 6) is 1.59. The van der Waals surface area contributed by atoms with Gasteiger partial charge in [0.1, 0.15) is 0 Å². The van der Waals surface area contributed by atoms with E-state index in [0.717, 1.165) is 43.5 Å². The first-order valence-electron chi connectivity index (χ1n) is 9.63. The molecular weight excluding hydrogens is 338 g/mol. The van der Waals surface area contributed by atoms with Gasteiger partial charge in [-0.3, -0.25) is 4.79 Å². The molecule has 6 nitrogen and oxygen atoms in total. The molecule has 1 aliphatic carbocycles. The van der Waals surface area contributed by atoms with Gasteiger partial charge in [-0.05, 0) is 49.8 Å². The van der Waals surface area contributed by atoms with Gasteiger partial charge >= 0.3 is 0 Å². The number of carbonyl (C=O) groups excluding carboxylic acids is 1. The molecule has 1 saturated carbocycles. The Labute approximate surface area is 161 Å². The standard InChI is InChI=1S/C21H29N5O/c1-22-20(27)17-6-4-15(5-7-17)14-24-21-23-13-12-19(25-21)16-8-10-18(11-9-16)26(2)3/h8-13,15,17H,4-7,14H2,1-3H3,(H,22,27)(H,23,24,25). The van der Waals surface area contributed by atoms with Crippen LogP contribution >= 0.6 is 0 Å². The second-order valence-corrected chi connectivity index (χ2v) is 7.42. The van der Waals surface area contributed by atoms with E-state index in [0.29, 0.717) is 11.9 Å². The number of nitrogens with zero attached hydrogens (tertiary/aromatic N) is 3. The van der Waals surface area contributed by atoms with Gasteiger partial charge < -0.3 is 15.5 Å². The van der Waals surface area contributed by atoms with Gasteiger partial charge in [0.05, 0.1) is 5.69 Å². The van der Waals surface area contributed by atoms with Crippen molar-refractivity contribution in [2.24, 2.45) is 11.8 Å². The topological polar surface area (TPSA) is 70.2 Å². The number of hydrogen-bond donors (Lipinski definition) is 2. The average molecular weight is 367 g/mol. The van der Waals surface area contributed by atoms with E-state index in [1.807, 2.05) is 20.2 Å². The summed E-state index contributed by atoms with van der Waals surface area (Å²) in [5, 5.41) is 6.14. The minimum Gasteiger partial charge on any atom is -0.378 e. The minimum atomic E-state index is 0.177. The Morgan fingerprint density at radius 3 is 2.44 bits per heavy atom. The van der Waals surface area contributed by atoms with Gasteiger partial charge in [-0.15, -0.1) is 0 Å². The molecule has 1 aliphatic rings. The molecule has 0 unspecified atom stereocenters. The summed E-state index contributed by atoms with van der Waals surface area (Å²) >= 11 is 0. The molecule has 1 aromatic heterocycles. The lowest BCUT2D eigenvalue weighted by atomic mass is 9.81. The highest BCUT2D eigenvalue weighted by Crippen LogP contribution is 2.29. The molecule has 6 heteroatoms. The lowest BCUT2D eigenvalue weighted by Gasteiger charge is -2.27. The van der Waals surface area contributed by atoms with Gasteiger partial charge in [0.25, 0.3) is 0 Å². The quantitative estimate of drug-likeness (QED) is 0.821. The molecule has 2 N–H and O–H groups in total. The fourth-order valence-electron chi connectivity index (χ4n) is 3.60. The molecular formula is C21H29N5O. The van der Waals surface area contributed by atoms with Crippen molar-refractivity contribution >= 4 is 17.5 Å². The summed E-state index contributed by atoms with van der Waals surface area (Å²) in [4.78, 5) is 22.8. The van der Waals surface area contributed by atoms with Crippen LogP contribution in [0.5, 0.6) is 0 Å². The van der Waals surface area contributed by atoms with Crippen LogP contribution in [0.15, 0.2) is 36.5 Å². The van der Waals surface area contributed by atoms with E-state index < -0.39 is 0 Å². The fraction of sp³-hybridized carbons (Fsp3) is 0.476. The van der Waals surface area contributed by atoms with Crippen molar-refractivity contribution in [1.29, 1.82) is 0 Å². The van der Waals surface area contributed by atoms with Crippen molar-refractivity contribution < 1.29 is 4.79 Å². The lowest BCUT2D eigenvalue weighted by Crippen LogP contribution is -2.32. The zero-order valence-corrected chi connectivity index (χ0v) is 16.4. The Bertz CT molecular complexity index is 751. The highest BCUT2D eigenvalue weighted by Gasteiger charge is 2.25. The molecule has 0 bridgehead atoms. The summed E-state index contributed by atoms with van der Waals surface area (Å²) in [7, 11) is 5.78. The summed E-state index contributed by atoms with van der Waals surface area (Å²) in [6.45, 7) is 0.851. The molecule has 0 radical (unpaired) electrons. The summed E-state index contributed by atoms with van der Waals surface area (Å²) < 4.78 is 0. The zero-order chi connectivity index (χ0) is 19.2. The number of benzene rings is 1. The average Bonchev–Trinajstić information content (AvgIpc) is 2.72. The smallest absolute Gasteiger partial charge is 0.223 e. The minimum absolute atomic E-state index is 0.177. The molecule has 2 aromatic rings. The molecule has 27 heavy (non-hydrogen) atoms. The Morgan fingerprint density at radius 2 is 1.81 bits per heavy atom. The first-order chi connectivity index (χ1) is 13.1. The van der Waals surface area contributed by atoms with Gasteiger partial charge in [0, 0.05) is 51.1 Å². The number of hydrogen-bond acceptors (Lipinski definition) is 5. The normalized spacial score (nSPS) is 19.4. The predicted octanol–water partition coefficient (Wildman–Crippen LogP) is 3.17. The third-order valence-electron chi connectivity index (χ3n) is 5.35. The third kappa shape index (κ3) is 4.96. The van der Waals surface area contributed by atoms with E-state index in [9.17, 15) is 4.79 Å². The van der Waals surface area contributed by atoms with Crippen molar-refractivity contribution in [3.63, 3.8) is 0 Å². The van der Waals surface area contributed by atoms with Crippen LogP contribution in [0.1, 0.15) is 25.7 Å². The van der Waals surface area contributed by atoms with Crippen LogP contribution < -0.4 is 15.5 Å². The van der Waals surface area contributed by atoms with Crippen LogP contribution in [0.4, 0.5) is 11.6 Å². The summed E-state index contributed by atoms with van der Waals surface area (Å²) in [5.41, 5.74) is 3.16.